The van der Waals surface area contributed by atoms with E-state index >= 15 is 0 Å². The minimum atomic E-state index is -1.73. The molecule has 0 aromatic rings. The second-order valence-electron chi connectivity index (χ2n) is 8.69. The number of hydrogen-bond donors (Lipinski definition) is 0. The maximum absolute atomic E-state index is 6.16. The standard InChI is InChI=1S/C17H33BO3Si/c1-14(13-19-22(9,10)15(2,3)4)11-12-18-20-16(5,6)17(7,8)21-18/h11-12H,1,13H2,2-10H3/b12-11+. The fourth-order valence-electron chi connectivity index (χ4n) is 1.72. The van der Waals surface area contributed by atoms with Crippen LogP contribution in [0.5, 0.6) is 0 Å². The summed E-state index contributed by atoms with van der Waals surface area (Å²) in [6.45, 7) is 24.1. The van der Waals surface area contributed by atoms with Crippen molar-refractivity contribution in [2.24, 2.45) is 0 Å². The molecule has 0 N–H and O–H groups in total. The van der Waals surface area contributed by atoms with Gasteiger partial charge in [0.1, 0.15) is 0 Å². The van der Waals surface area contributed by atoms with Crippen LogP contribution in [0, 0.1) is 0 Å². The molecule has 1 saturated heterocycles. The van der Waals surface area contributed by atoms with E-state index in [-0.39, 0.29) is 23.4 Å². The molecule has 0 atom stereocenters. The molecule has 1 heterocycles. The maximum atomic E-state index is 6.16. The Morgan fingerprint density at radius 3 is 2.00 bits per heavy atom. The molecule has 0 aromatic carbocycles. The molecule has 22 heavy (non-hydrogen) atoms. The molecule has 0 saturated carbocycles. The van der Waals surface area contributed by atoms with E-state index in [2.05, 4.69) is 68.1 Å². The molecule has 0 aromatic heterocycles. The third kappa shape index (κ3) is 4.57. The molecule has 0 unspecified atom stereocenters. The highest BCUT2D eigenvalue weighted by molar-refractivity contribution is 6.74. The van der Waals surface area contributed by atoms with Crippen LogP contribution >= 0.6 is 0 Å². The molecule has 5 heteroatoms. The van der Waals surface area contributed by atoms with E-state index in [4.69, 9.17) is 13.7 Å². The zero-order chi connectivity index (χ0) is 17.4. The molecule has 126 valence electrons. The van der Waals surface area contributed by atoms with Crippen molar-refractivity contribution in [3.63, 3.8) is 0 Å². The molecular formula is C17H33BO3Si. The highest BCUT2D eigenvalue weighted by Crippen LogP contribution is 2.38. The lowest BCUT2D eigenvalue weighted by Crippen LogP contribution is -2.41. The Hall–Kier alpha value is -0.358. The fourth-order valence-corrected chi connectivity index (χ4v) is 2.70. The zero-order valence-electron chi connectivity index (χ0n) is 15.9. The molecule has 0 bridgehead atoms. The van der Waals surface area contributed by atoms with Gasteiger partial charge in [-0.25, -0.2) is 0 Å². The fraction of sp³-hybridized carbons (Fsp3) is 0.765. The van der Waals surface area contributed by atoms with Gasteiger partial charge in [0.2, 0.25) is 0 Å². The van der Waals surface area contributed by atoms with E-state index in [0.717, 1.165) is 5.57 Å². The average molecular weight is 324 g/mol. The Kier molecular flexibility index (Phi) is 5.61. The smallest absolute Gasteiger partial charge is 0.413 e. The van der Waals surface area contributed by atoms with Gasteiger partial charge in [-0.2, -0.15) is 0 Å². The van der Waals surface area contributed by atoms with Crippen molar-refractivity contribution in [1.29, 1.82) is 0 Å². The second kappa shape index (κ2) is 6.27. The molecule has 3 nitrogen and oxygen atoms in total. The Morgan fingerprint density at radius 2 is 1.59 bits per heavy atom. The van der Waals surface area contributed by atoms with Gasteiger partial charge in [0.05, 0.1) is 17.8 Å². The lowest BCUT2D eigenvalue weighted by Gasteiger charge is -2.36. The van der Waals surface area contributed by atoms with Crippen molar-refractivity contribution in [3.05, 3.63) is 24.2 Å². The van der Waals surface area contributed by atoms with Crippen LogP contribution in [-0.2, 0) is 13.7 Å². The van der Waals surface area contributed by atoms with Crippen LogP contribution in [0.15, 0.2) is 24.2 Å². The van der Waals surface area contributed by atoms with Gasteiger partial charge in [0.15, 0.2) is 8.32 Å². The van der Waals surface area contributed by atoms with Crippen molar-refractivity contribution in [1.82, 2.24) is 0 Å². The van der Waals surface area contributed by atoms with Crippen molar-refractivity contribution >= 4 is 15.4 Å². The molecule has 1 fully saturated rings. The van der Waals surface area contributed by atoms with Gasteiger partial charge in [-0.05, 0) is 51.4 Å². The van der Waals surface area contributed by atoms with Gasteiger partial charge in [-0.1, -0.05) is 39.4 Å². The van der Waals surface area contributed by atoms with Gasteiger partial charge >= 0.3 is 7.12 Å². The Morgan fingerprint density at radius 1 is 1.14 bits per heavy atom. The highest BCUT2D eigenvalue weighted by atomic mass is 28.4. The lowest BCUT2D eigenvalue weighted by molar-refractivity contribution is 0.00578. The van der Waals surface area contributed by atoms with Gasteiger partial charge in [-0.3, -0.25) is 0 Å². The van der Waals surface area contributed by atoms with E-state index in [1.165, 1.54) is 0 Å². The minimum Gasteiger partial charge on any atom is -0.413 e. The first-order valence-corrected chi connectivity index (χ1v) is 10.9. The van der Waals surface area contributed by atoms with Gasteiger partial charge in [0, 0.05) is 0 Å². The van der Waals surface area contributed by atoms with E-state index in [1.54, 1.807) is 0 Å². The summed E-state index contributed by atoms with van der Waals surface area (Å²) in [7, 11) is -2.06. The summed E-state index contributed by atoms with van der Waals surface area (Å²) >= 11 is 0. The van der Waals surface area contributed by atoms with Crippen LogP contribution in [0.2, 0.25) is 18.1 Å². The van der Waals surface area contributed by atoms with Gasteiger partial charge in [0.25, 0.3) is 0 Å². The van der Waals surface area contributed by atoms with Crippen LogP contribution in [0.4, 0.5) is 0 Å². The van der Waals surface area contributed by atoms with E-state index in [0.29, 0.717) is 6.61 Å². The third-order valence-corrected chi connectivity index (χ3v) is 9.66. The molecule has 0 amide bonds. The normalized spacial score (nSPS) is 21.6. The third-order valence-electron chi connectivity index (χ3n) is 5.19. The van der Waals surface area contributed by atoms with Crippen LogP contribution in [-0.4, -0.2) is 33.2 Å². The van der Waals surface area contributed by atoms with Crippen LogP contribution < -0.4 is 0 Å². The Balaban J connectivity index is 2.54. The quantitative estimate of drug-likeness (QED) is 0.539. The van der Waals surface area contributed by atoms with Crippen LogP contribution in [0.25, 0.3) is 0 Å². The summed E-state index contributed by atoms with van der Waals surface area (Å²) in [5.74, 6) is 1.92. The monoisotopic (exact) mass is 324 g/mol. The summed E-state index contributed by atoms with van der Waals surface area (Å²) in [5, 5.41) is 0.211. The van der Waals surface area contributed by atoms with Crippen molar-refractivity contribution < 1.29 is 13.7 Å². The van der Waals surface area contributed by atoms with Crippen molar-refractivity contribution in [3.8, 4) is 0 Å². The summed E-state index contributed by atoms with van der Waals surface area (Å²) in [4.78, 5) is 0. The first-order valence-electron chi connectivity index (χ1n) is 8.03. The van der Waals surface area contributed by atoms with E-state index in [1.807, 2.05) is 12.1 Å². The largest absolute Gasteiger partial charge is 0.487 e. The zero-order valence-corrected chi connectivity index (χ0v) is 16.9. The lowest BCUT2D eigenvalue weighted by atomic mass is 9.89. The van der Waals surface area contributed by atoms with Crippen molar-refractivity contribution in [2.75, 3.05) is 6.61 Å². The maximum Gasteiger partial charge on any atom is 0.487 e. The molecule has 1 aliphatic heterocycles. The molecule has 0 spiro atoms. The first-order chi connectivity index (χ1) is 9.68. The molecule has 1 aliphatic rings. The Labute approximate surface area is 138 Å². The predicted octanol–water partition coefficient (Wildman–Crippen LogP) is 4.75. The molecule has 0 radical (unpaired) electrons. The summed E-state index contributed by atoms with van der Waals surface area (Å²) < 4.78 is 18.0. The summed E-state index contributed by atoms with van der Waals surface area (Å²) in [6, 6.07) is 0. The summed E-state index contributed by atoms with van der Waals surface area (Å²) in [5.41, 5.74) is 0.335. The number of hydrogen-bond acceptors (Lipinski definition) is 3. The van der Waals surface area contributed by atoms with E-state index in [9.17, 15) is 0 Å². The van der Waals surface area contributed by atoms with Gasteiger partial charge < -0.3 is 13.7 Å². The van der Waals surface area contributed by atoms with Crippen LogP contribution in [0.3, 0.4) is 0 Å². The average Bonchev–Trinajstić information content (AvgIpc) is 2.51. The van der Waals surface area contributed by atoms with Crippen molar-refractivity contribution in [2.45, 2.75) is 77.8 Å². The van der Waals surface area contributed by atoms with Gasteiger partial charge in [-0.15, -0.1) is 0 Å². The summed E-state index contributed by atoms with van der Waals surface area (Å²) in [6.07, 6.45) is 1.95. The molecular weight excluding hydrogens is 291 g/mol. The molecule has 1 rings (SSSR count). The topological polar surface area (TPSA) is 27.7 Å². The number of rotatable bonds is 5. The highest BCUT2D eigenvalue weighted by Gasteiger charge is 2.50. The van der Waals surface area contributed by atoms with Crippen LogP contribution in [0.1, 0.15) is 48.5 Å². The van der Waals surface area contributed by atoms with E-state index < -0.39 is 8.32 Å². The SMILES string of the molecule is C=C(/C=C/B1OC(C)(C)C(C)(C)O1)CO[Si](C)(C)C(C)(C)C. The minimum absolute atomic E-state index is 0.211. The first kappa shape index (κ1) is 19.7. The second-order valence-corrected chi connectivity index (χ2v) is 13.5. The molecule has 0 aliphatic carbocycles. The Bertz CT molecular complexity index is 431. The predicted molar refractivity (Wildman–Crippen MR) is 97.5 cm³/mol.